The Labute approximate surface area is 87.9 Å². The van der Waals surface area contributed by atoms with Gasteiger partial charge in [-0.25, -0.2) is 0 Å². The lowest BCUT2D eigenvalue weighted by Crippen LogP contribution is -2.43. The van der Waals surface area contributed by atoms with Crippen LogP contribution in [-0.2, 0) is 0 Å². The predicted molar refractivity (Wildman–Crippen MR) is 59.1 cm³/mol. The number of hydrogen-bond acceptors (Lipinski definition) is 1. The molecule has 2 fully saturated rings. The molecule has 0 aromatic carbocycles. The maximum atomic E-state index is 10.7. The first-order valence-electron chi connectivity index (χ1n) is 6.34. The highest BCUT2D eigenvalue weighted by molar-refractivity contribution is 4.94. The highest BCUT2D eigenvalue weighted by Gasteiger charge is 2.42. The van der Waals surface area contributed by atoms with Crippen LogP contribution in [0.15, 0.2) is 0 Å². The molecule has 82 valence electrons. The zero-order chi connectivity index (χ0) is 10.2. The molecule has 2 aliphatic carbocycles. The van der Waals surface area contributed by atoms with Crippen molar-refractivity contribution >= 4 is 0 Å². The van der Waals surface area contributed by atoms with Crippen LogP contribution in [0.4, 0.5) is 0 Å². The van der Waals surface area contributed by atoms with Crippen LogP contribution >= 0.6 is 0 Å². The van der Waals surface area contributed by atoms with Crippen molar-refractivity contribution in [2.24, 2.45) is 17.8 Å². The van der Waals surface area contributed by atoms with E-state index in [2.05, 4.69) is 13.8 Å². The van der Waals surface area contributed by atoms with Gasteiger partial charge in [0.05, 0.1) is 5.60 Å². The first kappa shape index (κ1) is 10.5. The molecule has 0 amide bonds. The molecule has 1 heteroatoms. The lowest BCUT2D eigenvalue weighted by Gasteiger charge is -2.43. The van der Waals surface area contributed by atoms with Gasteiger partial charge in [0.1, 0.15) is 0 Å². The fourth-order valence-electron chi connectivity index (χ4n) is 3.46. The van der Waals surface area contributed by atoms with Gasteiger partial charge in [-0.15, -0.1) is 0 Å². The van der Waals surface area contributed by atoms with Crippen molar-refractivity contribution in [1.29, 1.82) is 0 Å². The molecule has 0 aromatic heterocycles. The summed E-state index contributed by atoms with van der Waals surface area (Å²) >= 11 is 0. The number of rotatable bonds is 1. The van der Waals surface area contributed by atoms with Crippen LogP contribution in [0.1, 0.15) is 58.8 Å². The molecule has 1 N–H and O–H groups in total. The zero-order valence-corrected chi connectivity index (χ0v) is 9.63. The van der Waals surface area contributed by atoms with Crippen molar-refractivity contribution in [3.05, 3.63) is 0 Å². The quantitative estimate of drug-likeness (QED) is 0.682. The topological polar surface area (TPSA) is 20.2 Å². The molecule has 0 heterocycles. The van der Waals surface area contributed by atoms with Gasteiger partial charge < -0.3 is 5.11 Å². The first-order chi connectivity index (χ1) is 6.62. The van der Waals surface area contributed by atoms with Gasteiger partial charge in [-0.2, -0.15) is 0 Å². The van der Waals surface area contributed by atoms with Gasteiger partial charge in [0.15, 0.2) is 0 Å². The minimum Gasteiger partial charge on any atom is -0.390 e. The molecule has 0 saturated heterocycles. The van der Waals surface area contributed by atoms with E-state index in [-0.39, 0.29) is 5.60 Å². The lowest BCUT2D eigenvalue weighted by atomic mass is 9.67. The van der Waals surface area contributed by atoms with Crippen LogP contribution in [-0.4, -0.2) is 10.7 Å². The summed E-state index contributed by atoms with van der Waals surface area (Å²) in [6.45, 7) is 4.64. The summed E-state index contributed by atoms with van der Waals surface area (Å²) in [5, 5.41) is 10.7. The van der Waals surface area contributed by atoms with Crippen molar-refractivity contribution in [3.8, 4) is 0 Å². The Morgan fingerprint density at radius 2 is 1.64 bits per heavy atom. The van der Waals surface area contributed by atoms with Crippen molar-refractivity contribution in [2.75, 3.05) is 0 Å². The van der Waals surface area contributed by atoms with Gasteiger partial charge >= 0.3 is 0 Å². The Kier molecular flexibility index (Phi) is 2.88. The summed E-state index contributed by atoms with van der Waals surface area (Å²) in [5.74, 6) is 2.16. The summed E-state index contributed by atoms with van der Waals surface area (Å²) in [6.07, 6.45) is 8.58. The molecule has 0 aliphatic heterocycles. The van der Waals surface area contributed by atoms with E-state index in [1.54, 1.807) is 0 Å². The molecule has 0 aromatic rings. The molecule has 3 unspecified atom stereocenters. The second-order valence-electron chi connectivity index (χ2n) is 5.78. The Bertz CT molecular complexity index is 195. The Balaban J connectivity index is 2.01. The van der Waals surface area contributed by atoms with Crippen molar-refractivity contribution in [2.45, 2.75) is 64.4 Å². The van der Waals surface area contributed by atoms with Crippen LogP contribution < -0.4 is 0 Å². The molecule has 2 aliphatic rings. The average Bonchev–Trinajstić information content (AvgIpc) is 2.65. The molecule has 0 spiro atoms. The maximum absolute atomic E-state index is 10.7. The highest BCUT2D eigenvalue weighted by atomic mass is 16.3. The largest absolute Gasteiger partial charge is 0.390 e. The molecule has 3 atom stereocenters. The smallest absolute Gasteiger partial charge is 0.0678 e. The molecule has 0 bridgehead atoms. The fourth-order valence-corrected chi connectivity index (χ4v) is 3.46. The minimum absolute atomic E-state index is 0.289. The normalized spacial score (nSPS) is 45.6. The molecule has 2 rings (SSSR count). The van der Waals surface area contributed by atoms with Crippen molar-refractivity contribution < 1.29 is 5.11 Å². The summed E-state index contributed by atoms with van der Waals surface area (Å²) < 4.78 is 0. The zero-order valence-electron chi connectivity index (χ0n) is 9.63. The molecule has 1 nitrogen and oxygen atoms in total. The summed E-state index contributed by atoms with van der Waals surface area (Å²) in [5.41, 5.74) is -0.289. The molecule has 2 saturated carbocycles. The second-order valence-corrected chi connectivity index (χ2v) is 5.78. The number of aliphatic hydroxyl groups is 1. The van der Waals surface area contributed by atoms with E-state index in [9.17, 15) is 5.11 Å². The Morgan fingerprint density at radius 3 is 2.21 bits per heavy atom. The molecular formula is C13H24O. The van der Waals surface area contributed by atoms with E-state index in [1.807, 2.05) is 0 Å². The molecule has 0 radical (unpaired) electrons. The van der Waals surface area contributed by atoms with Gasteiger partial charge in [-0.3, -0.25) is 0 Å². The fraction of sp³-hybridized carbons (Fsp3) is 1.00. The SMILES string of the molecule is CC1CCC(O)(C2CCCC2)CC1C. The van der Waals surface area contributed by atoms with Crippen LogP contribution in [0.3, 0.4) is 0 Å². The van der Waals surface area contributed by atoms with Crippen LogP contribution in [0.5, 0.6) is 0 Å². The first-order valence-corrected chi connectivity index (χ1v) is 6.34. The second kappa shape index (κ2) is 3.84. The third kappa shape index (κ3) is 1.84. The van der Waals surface area contributed by atoms with Crippen LogP contribution in [0, 0.1) is 17.8 Å². The standard InChI is InChI=1S/C13H24O/c1-10-7-8-13(14,9-11(10)2)12-5-3-4-6-12/h10-12,14H,3-9H2,1-2H3. The predicted octanol–water partition coefficient (Wildman–Crippen LogP) is 3.36. The van der Waals surface area contributed by atoms with E-state index in [4.69, 9.17) is 0 Å². The summed E-state index contributed by atoms with van der Waals surface area (Å²) in [6, 6.07) is 0. The van der Waals surface area contributed by atoms with Gasteiger partial charge in [0.2, 0.25) is 0 Å². The average molecular weight is 196 g/mol. The molecule has 14 heavy (non-hydrogen) atoms. The van der Waals surface area contributed by atoms with Crippen molar-refractivity contribution in [1.82, 2.24) is 0 Å². The third-order valence-electron chi connectivity index (χ3n) is 4.79. The van der Waals surface area contributed by atoms with E-state index in [0.29, 0.717) is 11.8 Å². The summed E-state index contributed by atoms with van der Waals surface area (Å²) in [4.78, 5) is 0. The van der Waals surface area contributed by atoms with Gasteiger partial charge in [-0.05, 0) is 49.9 Å². The van der Waals surface area contributed by atoms with E-state index < -0.39 is 0 Å². The third-order valence-corrected chi connectivity index (χ3v) is 4.79. The van der Waals surface area contributed by atoms with Gasteiger partial charge in [0, 0.05) is 0 Å². The van der Waals surface area contributed by atoms with E-state index >= 15 is 0 Å². The van der Waals surface area contributed by atoms with Gasteiger partial charge in [-0.1, -0.05) is 26.7 Å². The van der Waals surface area contributed by atoms with Gasteiger partial charge in [0.25, 0.3) is 0 Å². The number of hydrogen-bond donors (Lipinski definition) is 1. The Hall–Kier alpha value is -0.0400. The highest BCUT2D eigenvalue weighted by Crippen LogP contribution is 2.45. The van der Waals surface area contributed by atoms with E-state index in [1.165, 1.54) is 32.1 Å². The maximum Gasteiger partial charge on any atom is 0.0678 e. The van der Waals surface area contributed by atoms with E-state index in [0.717, 1.165) is 18.8 Å². The minimum atomic E-state index is -0.289. The van der Waals surface area contributed by atoms with Crippen molar-refractivity contribution in [3.63, 3.8) is 0 Å². The van der Waals surface area contributed by atoms with Crippen LogP contribution in [0.2, 0.25) is 0 Å². The summed E-state index contributed by atoms with van der Waals surface area (Å²) in [7, 11) is 0. The monoisotopic (exact) mass is 196 g/mol. The van der Waals surface area contributed by atoms with Crippen LogP contribution in [0.25, 0.3) is 0 Å². The lowest BCUT2D eigenvalue weighted by molar-refractivity contribution is -0.0728. The molecular weight excluding hydrogens is 172 g/mol. The Morgan fingerprint density at radius 1 is 1.00 bits per heavy atom.